The minimum atomic E-state index is 0. The number of imidazole rings is 1. The first-order chi connectivity index (χ1) is 17.2. The molecule has 0 aromatic carbocycles. The van der Waals surface area contributed by atoms with Gasteiger partial charge < -0.3 is 25.8 Å². The fraction of sp³-hybridized carbons (Fsp3) is 0.778. The number of carbonyl (C=O) groups is 1. The summed E-state index contributed by atoms with van der Waals surface area (Å²) in [5, 5.41) is 7.31. The molecule has 2 saturated carbocycles. The molecule has 1 saturated heterocycles. The summed E-state index contributed by atoms with van der Waals surface area (Å²) < 4.78 is 2.27. The van der Waals surface area contributed by atoms with E-state index in [0.717, 1.165) is 68.6 Å². The maximum Gasteiger partial charge on any atom is 0.227 e. The van der Waals surface area contributed by atoms with Gasteiger partial charge in [-0.25, -0.2) is 4.98 Å². The number of fused-ring (bicyclic) bond motifs is 1. The van der Waals surface area contributed by atoms with Gasteiger partial charge in [0.05, 0.1) is 6.33 Å². The predicted molar refractivity (Wildman–Crippen MR) is 158 cm³/mol. The van der Waals surface area contributed by atoms with E-state index in [0.29, 0.717) is 30.5 Å². The van der Waals surface area contributed by atoms with E-state index in [9.17, 15) is 4.79 Å². The average molecular weight is 570 g/mol. The molecule has 2 aromatic rings. The van der Waals surface area contributed by atoms with Gasteiger partial charge >= 0.3 is 0 Å². The summed E-state index contributed by atoms with van der Waals surface area (Å²) in [6.07, 6.45) is 13.4. The Morgan fingerprint density at radius 1 is 0.947 bits per heavy atom. The van der Waals surface area contributed by atoms with Gasteiger partial charge in [-0.15, -0.1) is 24.8 Å². The minimum Gasteiger partial charge on any atom is -0.365 e. The molecule has 0 spiro atoms. The molecular formula is C27H46Cl2N8O. The molecule has 2 aliphatic carbocycles. The predicted octanol–water partition coefficient (Wildman–Crippen LogP) is 5.31. The third-order valence-corrected chi connectivity index (χ3v) is 8.11. The highest BCUT2D eigenvalue weighted by atomic mass is 35.5. The molecule has 4 N–H and O–H groups in total. The number of amides is 1. The maximum atomic E-state index is 12.7. The van der Waals surface area contributed by atoms with Crippen molar-refractivity contribution >= 4 is 53.7 Å². The molecule has 38 heavy (non-hydrogen) atoms. The zero-order valence-electron chi connectivity index (χ0n) is 23.1. The average Bonchev–Trinajstić information content (AvgIpc) is 3.50. The molecular weight excluding hydrogens is 523 g/mol. The van der Waals surface area contributed by atoms with E-state index in [4.69, 9.17) is 20.7 Å². The number of anilines is 2. The molecule has 9 nitrogen and oxygen atoms in total. The van der Waals surface area contributed by atoms with Crippen LogP contribution in [0.25, 0.3) is 11.2 Å². The lowest BCUT2D eigenvalue weighted by molar-refractivity contribution is -0.134. The smallest absolute Gasteiger partial charge is 0.227 e. The summed E-state index contributed by atoms with van der Waals surface area (Å²) >= 11 is 0. The first-order valence-corrected chi connectivity index (χ1v) is 14.1. The van der Waals surface area contributed by atoms with E-state index in [-0.39, 0.29) is 42.2 Å². The van der Waals surface area contributed by atoms with Crippen molar-refractivity contribution in [3.05, 3.63) is 6.33 Å². The number of aromatic nitrogens is 4. The molecule has 2 aromatic heterocycles. The normalized spacial score (nSPS) is 23.1. The lowest BCUT2D eigenvalue weighted by Gasteiger charge is -2.34. The van der Waals surface area contributed by atoms with Crippen LogP contribution in [0.1, 0.15) is 97.4 Å². The van der Waals surface area contributed by atoms with Gasteiger partial charge in [0.1, 0.15) is 0 Å². The van der Waals surface area contributed by atoms with Crippen molar-refractivity contribution in [3.8, 4) is 0 Å². The topological polar surface area (TPSA) is 114 Å². The second kappa shape index (κ2) is 13.0. The van der Waals surface area contributed by atoms with Crippen LogP contribution in [-0.4, -0.2) is 61.5 Å². The molecule has 3 aliphatic rings. The highest BCUT2D eigenvalue weighted by Gasteiger charge is 2.28. The van der Waals surface area contributed by atoms with Crippen LogP contribution in [0, 0.1) is 5.41 Å². The SMILES string of the molecule is CC(C)(C)CC(=O)N1CCC(Nc2nc(N[C@H]3CC[C@H](N)CC3)nc3c2ncn3C2CCCC2)CC1.Cl.Cl. The van der Waals surface area contributed by atoms with Crippen molar-refractivity contribution in [1.29, 1.82) is 0 Å². The maximum absolute atomic E-state index is 12.7. The number of nitrogens with zero attached hydrogens (tertiary/aromatic N) is 5. The van der Waals surface area contributed by atoms with E-state index < -0.39 is 0 Å². The number of rotatable bonds is 6. The van der Waals surface area contributed by atoms with Crippen molar-refractivity contribution in [2.45, 2.75) is 116 Å². The van der Waals surface area contributed by atoms with Crippen LogP contribution >= 0.6 is 24.8 Å². The molecule has 5 rings (SSSR count). The molecule has 3 fully saturated rings. The largest absolute Gasteiger partial charge is 0.365 e. The summed E-state index contributed by atoms with van der Waals surface area (Å²) in [4.78, 5) is 29.4. The molecule has 0 atom stereocenters. The molecule has 1 aliphatic heterocycles. The highest BCUT2D eigenvalue weighted by Crippen LogP contribution is 2.34. The Labute approximate surface area is 239 Å². The fourth-order valence-corrected chi connectivity index (χ4v) is 6.01. The number of carbonyl (C=O) groups excluding carboxylic acids is 1. The first-order valence-electron chi connectivity index (χ1n) is 14.1. The molecule has 0 radical (unpaired) electrons. The van der Waals surface area contributed by atoms with Gasteiger partial charge in [-0.05, 0) is 56.8 Å². The summed E-state index contributed by atoms with van der Waals surface area (Å²) in [6, 6.07) is 1.40. The Morgan fingerprint density at radius 2 is 1.58 bits per heavy atom. The molecule has 214 valence electrons. The number of likely N-dealkylation sites (tertiary alicyclic amines) is 1. The first kappa shape index (κ1) is 30.7. The molecule has 0 bridgehead atoms. The van der Waals surface area contributed by atoms with Crippen LogP contribution < -0.4 is 16.4 Å². The van der Waals surface area contributed by atoms with Gasteiger partial charge in [0.25, 0.3) is 0 Å². The van der Waals surface area contributed by atoms with Crippen LogP contribution in [0.15, 0.2) is 6.33 Å². The van der Waals surface area contributed by atoms with Crippen LogP contribution in [0.3, 0.4) is 0 Å². The van der Waals surface area contributed by atoms with E-state index in [1.807, 2.05) is 11.2 Å². The standard InChI is InChI=1S/C27H44N8O.2ClH/c1-27(2,3)16-22(36)34-14-12-20(13-15-34)30-24-23-25(35(17-29-23)21-6-4-5-7-21)33-26(32-24)31-19-10-8-18(28)9-11-19;;/h17-21H,4-16,28H2,1-3H3,(H2,30,31,32,33);2*1H/t18-,19-;;. The van der Waals surface area contributed by atoms with Crippen LogP contribution in [0.2, 0.25) is 0 Å². The molecule has 3 heterocycles. The number of hydrogen-bond donors (Lipinski definition) is 3. The van der Waals surface area contributed by atoms with Crippen LogP contribution in [0.4, 0.5) is 11.8 Å². The van der Waals surface area contributed by atoms with Gasteiger partial charge in [-0.3, -0.25) is 4.79 Å². The molecule has 1 amide bonds. The number of hydrogen-bond acceptors (Lipinski definition) is 7. The summed E-state index contributed by atoms with van der Waals surface area (Å²) in [7, 11) is 0. The van der Waals surface area contributed by atoms with Crippen molar-refractivity contribution in [3.63, 3.8) is 0 Å². The fourth-order valence-electron chi connectivity index (χ4n) is 6.01. The van der Waals surface area contributed by atoms with Crippen molar-refractivity contribution in [1.82, 2.24) is 24.4 Å². The second-order valence-electron chi connectivity index (χ2n) is 12.5. The summed E-state index contributed by atoms with van der Waals surface area (Å²) in [5.41, 5.74) is 7.91. The zero-order chi connectivity index (χ0) is 25.3. The Balaban J connectivity index is 0.00000200. The Kier molecular flexibility index (Phi) is 10.5. The third-order valence-electron chi connectivity index (χ3n) is 8.11. The highest BCUT2D eigenvalue weighted by molar-refractivity contribution is 5.86. The second-order valence-corrected chi connectivity index (χ2v) is 12.5. The Morgan fingerprint density at radius 3 is 2.21 bits per heavy atom. The number of piperidine rings is 1. The van der Waals surface area contributed by atoms with E-state index in [1.165, 1.54) is 25.7 Å². The number of halogens is 2. The Hall–Kier alpha value is -1.84. The monoisotopic (exact) mass is 568 g/mol. The van der Waals surface area contributed by atoms with Crippen molar-refractivity contribution < 1.29 is 4.79 Å². The lowest BCUT2D eigenvalue weighted by atomic mass is 9.91. The number of nitrogens with two attached hydrogens (primary N) is 1. The van der Waals surface area contributed by atoms with Gasteiger partial charge in [0, 0.05) is 43.7 Å². The summed E-state index contributed by atoms with van der Waals surface area (Å²) in [6.45, 7) is 7.93. The molecule has 11 heteroatoms. The number of nitrogens with one attached hydrogen (secondary N) is 2. The van der Waals surface area contributed by atoms with Gasteiger partial charge in [-0.2, -0.15) is 9.97 Å². The van der Waals surface area contributed by atoms with Gasteiger partial charge in [0.15, 0.2) is 17.0 Å². The van der Waals surface area contributed by atoms with E-state index in [2.05, 4.69) is 36.0 Å². The van der Waals surface area contributed by atoms with E-state index >= 15 is 0 Å². The quantitative estimate of drug-likeness (QED) is 0.432. The van der Waals surface area contributed by atoms with Gasteiger partial charge in [-0.1, -0.05) is 33.6 Å². The lowest BCUT2D eigenvalue weighted by Crippen LogP contribution is -2.43. The molecule has 0 unspecified atom stereocenters. The third kappa shape index (κ3) is 7.42. The van der Waals surface area contributed by atoms with Crippen LogP contribution in [-0.2, 0) is 4.79 Å². The van der Waals surface area contributed by atoms with Crippen molar-refractivity contribution in [2.24, 2.45) is 11.1 Å². The Bertz CT molecular complexity index is 1050. The van der Waals surface area contributed by atoms with E-state index in [1.54, 1.807) is 0 Å². The van der Waals surface area contributed by atoms with Gasteiger partial charge in [0.2, 0.25) is 11.9 Å². The van der Waals surface area contributed by atoms with Crippen molar-refractivity contribution in [2.75, 3.05) is 23.7 Å². The summed E-state index contributed by atoms with van der Waals surface area (Å²) in [5.74, 6) is 1.76. The van der Waals surface area contributed by atoms with Crippen LogP contribution in [0.5, 0.6) is 0 Å². The minimum absolute atomic E-state index is 0. The zero-order valence-corrected chi connectivity index (χ0v) is 24.8.